The average Bonchev–Trinajstić information content (AvgIpc) is 3.27. The standard InChI is InChI=1S/C17H12Cl2N6OS/c18-12-6-4-10(5-7-12)16-23-21-14(26-16)9-27-17-24-22-15(25(17)20)11-2-1-3-13(19)8-11/h1-8H,9,20H2. The largest absolute Gasteiger partial charge is 0.420 e. The summed E-state index contributed by atoms with van der Waals surface area (Å²) in [4.78, 5) is 0. The maximum absolute atomic E-state index is 6.11. The van der Waals surface area contributed by atoms with Gasteiger partial charge in [-0.25, -0.2) is 4.68 Å². The molecule has 0 spiro atoms. The van der Waals surface area contributed by atoms with Crippen LogP contribution in [0.1, 0.15) is 5.89 Å². The van der Waals surface area contributed by atoms with Crippen LogP contribution >= 0.6 is 35.0 Å². The van der Waals surface area contributed by atoms with Gasteiger partial charge in [0.15, 0.2) is 5.82 Å². The van der Waals surface area contributed by atoms with Gasteiger partial charge in [0.1, 0.15) is 0 Å². The van der Waals surface area contributed by atoms with Gasteiger partial charge in [-0.05, 0) is 36.4 Å². The lowest BCUT2D eigenvalue weighted by molar-refractivity contribution is 0.528. The zero-order chi connectivity index (χ0) is 18.8. The molecule has 2 aromatic heterocycles. The smallest absolute Gasteiger partial charge is 0.247 e. The van der Waals surface area contributed by atoms with Crippen molar-refractivity contribution in [2.24, 2.45) is 0 Å². The number of aromatic nitrogens is 5. The Hall–Kier alpha value is -2.55. The number of thioether (sulfide) groups is 1. The topological polar surface area (TPSA) is 95.7 Å². The SMILES string of the molecule is Nn1c(SCc2nnc(-c3ccc(Cl)cc3)o2)nnc1-c1cccc(Cl)c1. The Morgan fingerprint density at radius 1 is 0.926 bits per heavy atom. The summed E-state index contributed by atoms with van der Waals surface area (Å²) in [6.45, 7) is 0. The molecule has 0 saturated carbocycles. The van der Waals surface area contributed by atoms with Crippen molar-refractivity contribution in [3.63, 3.8) is 0 Å². The number of hydrogen-bond acceptors (Lipinski definition) is 7. The van der Waals surface area contributed by atoms with E-state index < -0.39 is 0 Å². The van der Waals surface area contributed by atoms with Crippen LogP contribution in [-0.2, 0) is 5.75 Å². The van der Waals surface area contributed by atoms with Crippen molar-refractivity contribution in [3.8, 4) is 22.8 Å². The first-order chi connectivity index (χ1) is 13.1. The number of hydrogen-bond donors (Lipinski definition) is 1. The molecular weight excluding hydrogens is 407 g/mol. The van der Waals surface area contributed by atoms with Crippen LogP contribution in [0.15, 0.2) is 58.1 Å². The lowest BCUT2D eigenvalue weighted by Gasteiger charge is -2.03. The molecule has 0 aliphatic carbocycles. The fourth-order valence-electron chi connectivity index (χ4n) is 2.35. The van der Waals surface area contributed by atoms with Crippen molar-refractivity contribution < 1.29 is 4.42 Å². The maximum atomic E-state index is 6.11. The monoisotopic (exact) mass is 418 g/mol. The Balaban J connectivity index is 1.47. The van der Waals surface area contributed by atoms with Gasteiger partial charge < -0.3 is 10.3 Å². The number of halogens is 2. The second-order valence-electron chi connectivity index (χ2n) is 5.48. The molecule has 0 radical (unpaired) electrons. The van der Waals surface area contributed by atoms with Crippen LogP contribution in [0.2, 0.25) is 10.0 Å². The van der Waals surface area contributed by atoms with E-state index in [4.69, 9.17) is 33.5 Å². The molecule has 10 heteroatoms. The summed E-state index contributed by atoms with van der Waals surface area (Å²) in [6, 6.07) is 14.4. The van der Waals surface area contributed by atoms with Gasteiger partial charge >= 0.3 is 0 Å². The van der Waals surface area contributed by atoms with Crippen molar-refractivity contribution in [2.75, 3.05) is 5.84 Å². The van der Waals surface area contributed by atoms with E-state index in [0.29, 0.717) is 38.6 Å². The van der Waals surface area contributed by atoms with Crippen LogP contribution in [-0.4, -0.2) is 25.1 Å². The van der Waals surface area contributed by atoms with Gasteiger partial charge in [0, 0.05) is 21.2 Å². The Kier molecular flexibility index (Phi) is 5.02. The second kappa shape index (κ2) is 7.59. The van der Waals surface area contributed by atoms with Gasteiger partial charge in [0.05, 0.1) is 5.75 Å². The summed E-state index contributed by atoms with van der Waals surface area (Å²) in [5.74, 6) is 7.92. The van der Waals surface area contributed by atoms with E-state index in [2.05, 4.69) is 20.4 Å². The number of nitrogens with two attached hydrogens (primary N) is 1. The van der Waals surface area contributed by atoms with E-state index >= 15 is 0 Å². The summed E-state index contributed by atoms with van der Waals surface area (Å²) in [7, 11) is 0. The Morgan fingerprint density at radius 3 is 2.52 bits per heavy atom. The van der Waals surface area contributed by atoms with Gasteiger partial charge in [-0.1, -0.05) is 47.1 Å². The number of nitrogen functional groups attached to an aromatic ring is 1. The minimum absolute atomic E-state index is 0.408. The third kappa shape index (κ3) is 3.92. The van der Waals surface area contributed by atoms with Crippen LogP contribution in [0.5, 0.6) is 0 Å². The highest BCUT2D eigenvalue weighted by Crippen LogP contribution is 2.27. The van der Waals surface area contributed by atoms with Crippen molar-refractivity contribution in [2.45, 2.75) is 10.9 Å². The van der Waals surface area contributed by atoms with E-state index in [1.54, 1.807) is 24.3 Å². The lowest BCUT2D eigenvalue weighted by Crippen LogP contribution is -2.11. The zero-order valence-electron chi connectivity index (χ0n) is 13.7. The normalized spacial score (nSPS) is 11.0. The molecule has 0 aliphatic rings. The molecule has 2 heterocycles. The van der Waals surface area contributed by atoms with Crippen LogP contribution in [0.25, 0.3) is 22.8 Å². The highest BCUT2D eigenvalue weighted by molar-refractivity contribution is 7.98. The summed E-state index contributed by atoms with van der Waals surface area (Å²) >= 11 is 13.3. The Bertz CT molecular complexity index is 1080. The van der Waals surface area contributed by atoms with Gasteiger partial charge in [0.25, 0.3) is 0 Å². The van der Waals surface area contributed by atoms with Gasteiger partial charge in [-0.15, -0.1) is 20.4 Å². The van der Waals surface area contributed by atoms with Crippen LogP contribution in [0.3, 0.4) is 0 Å². The molecule has 4 rings (SSSR count). The molecule has 4 aromatic rings. The molecule has 7 nitrogen and oxygen atoms in total. The minimum Gasteiger partial charge on any atom is -0.420 e. The fourth-order valence-corrected chi connectivity index (χ4v) is 3.36. The average molecular weight is 419 g/mol. The first-order valence-corrected chi connectivity index (χ1v) is 9.52. The van der Waals surface area contributed by atoms with Crippen molar-refractivity contribution in [3.05, 3.63) is 64.5 Å². The first kappa shape index (κ1) is 17.8. The number of nitrogens with zero attached hydrogens (tertiary/aromatic N) is 5. The molecular formula is C17H12Cl2N6OS. The summed E-state index contributed by atoms with van der Waals surface area (Å²) < 4.78 is 7.09. The van der Waals surface area contributed by atoms with E-state index in [-0.39, 0.29) is 0 Å². The van der Waals surface area contributed by atoms with Crippen LogP contribution < -0.4 is 5.84 Å². The molecule has 0 bridgehead atoms. The van der Waals surface area contributed by atoms with Gasteiger partial charge in [-0.3, -0.25) is 0 Å². The van der Waals surface area contributed by atoms with E-state index in [1.165, 1.54) is 16.4 Å². The van der Waals surface area contributed by atoms with Crippen molar-refractivity contribution in [1.29, 1.82) is 0 Å². The lowest BCUT2D eigenvalue weighted by atomic mass is 10.2. The Morgan fingerprint density at radius 2 is 1.74 bits per heavy atom. The predicted molar refractivity (Wildman–Crippen MR) is 105 cm³/mol. The minimum atomic E-state index is 0.408. The fraction of sp³-hybridized carbons (Fsp3) is 0.0588. The third-order valence-corrected chi connectivity index (χ3v) is 5.05. The number of benzene rings is 2. The van der Waals surface area contributed by atoms with Crippen LogP contribution in [0.4, 0.5) is 0 Å². The molecule has 0 aliphatic heterocycles. The molecule has 0 unspecified atom stereocenters. The second-order valence-corrected chi connectivity index (χ2v) is 7.30. The van der Waals surface area contributed by atoms with E-state index in [1.807, 2.05) is 24.3 Å². The third-order valence-electron chi connectivity index (χ3n) is 3.63. The molecule has 0 fully saturated rings. The Labute approximate surface area is 168 Å². The highest BCUT2D eigenvalue weighted by Gasteiger charge is 2.15. The molecule has 0 atom stereocenters. The predicted octanol–water partition coefficient (Wildman–Crippen LogP) is 4.31. The summed E-state index contributed by atoms with van der Waals surface area (Å²) in [6.07, 6.45) is 0. The van der Waals surface area contributed by atoms with Crippen molar-refractivity contribution >= 4 is 35.0 Å². The zero-order valence-corrected chi connectivity index (χ0v) is 16.0. The highest BCUT2D eigenvalue weighted by atomic mass is 35.5. The summed E-state index contributed by atoms with van der Waals surface area (Å²) in [5, 5.41) is 18.1. The van der Waals surface area contributed by atoms with E-state index in [0.717, 1.165) is 11.1 Å². The van der Waals surface area contributed by atoms with Crippen LogP contribution in [0, 0.1) is 0 Å². The molecule has 2 aromatic carbocycles. The maximum Gasteiger partial charge on any atom is 0.247 e. The molecule has 0 saturated heterocycles. The van der Waals surface area contributed by atoms with E-state index in [9.17, 15) is 0 Å². The number of rotatable bonds is 5. The quantitative estimate of drug-likeness (QED) is 0.380. The van der Waals surface area contributed by atoms with Crippen molar-refractivity contribution in [1.82, 2.24) is 25.1 Å². The molecule has 27 heavy (non-hydrogen) atoms. The molecule has 0 amide bonds. The first-order valence-electron chi connectivity index (χ1n) is 7.78. The van der Waals surface area contributed by atoms with Gasteiger partial charge in [0.2, 0.25) is 16.9 Å². The van der Waals surface area contributed by atoms with Gasteiger partial charge in [-0.2, -0.15) is 0 Å². The molecule has 136 valence electrons. The molecule has 2 N–H and O–H groups in total. The summed E-state index contributed by atoms with van der Waals surface area (Å²) in [5.41, 5.74) is 1.58.